The molecule has 2 rings (SSSR count). The first-order chi connectivity index (χ1) is 7.00. The first-order valence-electron chi connectivity index (χ1n) is 4.47. The molecule has 2 aromatic carbocycles. The number of hydrogen-bond donors (Lipinski definition) is 1. The lowest BCUT2D eigenvalue weighted by molar-refractivity contribution is 0.602. The van der Waals surface area contributed by atoms with Crippen molar-refractivity contribution in [3.8, 4) is 0 Å². The molecule has 15 heavy (non-hydrogen) atoms. The van der Waals surface area contributed by atoms with Gasteiger partial charge < -0.3 is 5.73 Å². The van der Waals surface area contributed by atoms with E-state index in [0.29, 0.717) is 16.0 Å². The van der Waals surface area contributed by atoms with Gasteiger partial charge in [-0.15, -0.1) is 0 Å². The summed E-state index contributed by atoms with van der Waals surface area (Å²) in [6, 6.07) is 10.4. The van der Waals surface area contributed by atoms with Crippen LogP contribution in [0.15, 0.2) is 41.3 Å². The average molecular weight is 221 g/mol. The Kier molecular flexibility index (Phi) is 2.16. The Morgan fingerprint density at radius 3 is 2.20 bits per heavy atom. The second-order valence-corrected chi connectivity index (χ2v) is 5.45. The summed E-state index contributed by atoms with van der Waals surface area (Å²) in [6.07, 6.45) is 1.20. The number of hydrogen-bond acceptors (Lipinski definition) is 3. The highest BCUT2D eigenvalue weighted by molar-refractivity contribution is 7.91. The van der Waals surface area contributed by atoms with E-state index >= 15 is 0 Å². The molecule has 2 aromatic rings. The van der Waals surface area contributed by atoms with Crippen molar-refractivity contribution in [3.05, 3.63) is 36.4 Å². The van der Waals surface area contributed by atoms with Gasteiger partial charge in [-0.25, -0.2) is 8.42 Å². The third-order valence-electron chi connectivity index (χ3n) is 2.32. The molecular weight excluding hydrogens is 210 g/mol. The van der Waals surface area contributed by atoms with Crippen LogP contribution in [-0.4, -0.2) is 14.7 Å². The summed E-state index contributed by atoms with van der Waals surface area (Å²) in [6.45, 7) is 0. The average Bonchev–Trinajstić information content (AvgIpc) is 2.17. The molecule has 78 valence electrons. The van der Waals surface area contributed by atoms with Gasteiger partial charge in [-0.3, -0.25) is 0 Å². The largest absolute Gasteiger partial charge is 0.398 e. The van der Waals surface area contributed by atoms with E-state index in [1.807, 2.05) is 12.1 Å². The Labute approximate surface area is 88.4 Å². The molecule has 2 N–H and O–H groups in total. The fourth-order valence-electron chi connectivity index (χ4n) is 1.62. The molecule has 0 bridgehead atoms. The molecule has 0 saturated heterocycles. The minimum Gasteiger partial charge on any atom is -0.398 e. The maximum absolute atomic E-state index is 11.5. The summed E-state index contributed by atoms with van der Waals surface area (Å²) in [7, 11) is -3.20. The third kappa shape index (κ3) is 1.68. The Balaban J connectivity index is 2.96. The summed E-state index contributed by atoms with van der Waals surface area (Å²) in [5.41, 5.74) is 6.37. The van der Waals surface area contributed by atoms with Gasteiger partial charge >= 0.3 is 0 Å². The van der Waals surface area contributed by atoms with Crippen LogP contribution in [-0.2, 0) is 9.84 Å². The lowest BCUT2D eigenvalue weighted by atomic mass is 10.1. The minimum atomic E-state index is -3.20. The van der Waals surface area contributed by atoms with Crippen LogP contribution in [0.5, 0.6) is 0 Å². The van der Waals surface area contributed by atoms with E-state index in [0.717, 1.165) is 5.39 Å². The van der Waals surface area contributed by atoms with Gasteiger partial charge in [0.15, 0.2) is 9.84 Å². The van der Waals surface area contributed by atoms with Gasteiger partial charge in [0.2, 0.25) is 0 Å². The zero-order valence-electron chi connectivity index (χ0n) is 8.27. The van der Waals surface area contributed by atoms with Crippen LogP contribution in [0.25, 0.3) is 10.8 Å². The first kappa shape index (κ1) is 9.98. The molecule has 0 radical (unpaired) electrons. The number of fused-ring (bicyclic) bond motifs is 1. The third-order valence-corrected chi connectivity index (χ3v) is 3.47. The van der Waals surface area contributed by atoms with E-state index in [1.54, 1.807) is 24.3 Å². The van der Waals surface area contributed by atoms with Crippen molar-refractivity contribution in [1.29, 1.82) is 0 Å². The molecule has 0 heterocycles. The highest BCUT2D eigenvalue weighted by Crippen LogP contribution is 2.27. The van der Waals surface area contributed by atoms with Crippen LogP contribution in [0.3, 0.4) is 0 Å². The molecular formula is C11H11NO2S. The molecule has 0 fully saturated rings. The summed E-state index contributed by atoms with van der Waals surface area (Å²) < 4.78 is 23.0. The van der Waals surface area contributed by atoms with Crippen LogP contribution in [0.4, 0.5) is 5.69 Å². The van der Waals surface area contributed by atoms with Crippen molar-refractivity contribution in [2.45, 2.75) is 4.90 Å². The molecule has 0 atom stereocenters. The fraction of sp³-hybridized carbons (Fsp3) is 0.0909. The molecule has 0 aliphatic carbocycles. The summed E-state index contributed by atoms with van der Waals surface area (Å²) in [5, 5.41) is 1.46. The lowest BCUT2D eigenvalue weighted by Gasteiger charge is -2.06. The second-order valence-electron chi connectivity index (χ2n) is 3.47. The first-order valence-corrected chi connectivity index (χ1v) is 6.36. The van der Waals surface area contributed by atoms with Gasteiger partial charge in [0.05, 0.1) is 4.90 Å². The minimum absolute atomic E-state index is 0.326. The van der Waals surface area contributed by atoms with Crippen molar-refractivity contribution in [2.75, 3.05) is 12.0 Å². The number of benzene rings is 2. The van der Waals surface area contributed by atoms with E-state index in [4.69, 9.17) is 5.73 Å². The fourth-order valence-corrected chi connectivity index (χ4v) is 2.51. The molecule has 4 heteroatoms. The molecule has 0 spiro atoms. The molecule has 0 unspecified atom stereocenters. The van der Waals surface area contributed by atoms with Crippen molar-refractivity contribution < 1.29 is 8.42 Å². The Bertz CT molecular complexity index is 618. The Morgan fingerprint density at radius 2 is 1.60 bits per heavy atom. The smallest absolute Gasteiger partial charge is 0.176 e. The molecule has 0 amide bonds. The summed E-state index contributed by atoms with van der Waals surface area (Å²) >= 11 is 0. The van der Waals surface area contributed by atoms with Gasteiger partial charge in [0.1, 0.15) is 0 Å². The van der Waals surface area contributed by atoms with E-state index in [2.05, 4.69) is 0 Å². The quantitative estimate of drug-likeness (QED) is 0.747. The Morgan fingerprint density at radius 1 is 1.00 bits per heavy atom. The molecule has 0 aromatic heterocycles. The van der Waals surface area contributed by atoms with Gasteiger partial charge in [0.25, 0.3) is 0 Å². The number of nitrogens with two attached hydrogens (primary N) is 1. The predicted octanol–water partition coefficient (Wildman–Crippen LogP) is 1.83. The van der Waals surface area contributed by atoms with Crippen LogP contribution in [0.1, 0.15) is 0 Å². The van der Waals surface area contributed by atoms with E-state index < -0.39 is 9.84 Å². The highest BCUT2D eigenvalue weighted by Gasteiger charge is 2.12. The monoisotopic (exact) mass is 221 g/mol. The normalized spacial score (nSPS) is 11.8. The maximum Gasteiger partial charge on any atom is 0.176 e. The molecule has 0 saturated carbocycles. The standard InChI is InChI=1S/C11H11NO2S/c1-15(13,14)11-7-6-10(12)8-4-2-3-5-9(8)11/h2-7H,12H2,1H3. The maximum atomic E-state index is 11.5. The number of anilines is 1. The van der Waals surface area contributed by atoms with Crippen molar-refractivity contribution >= 4 is 26.3 Å². The van der Waals surface area contributed by atoms with Crippen LogP contribution < -0.4 is 5.73 Å². The Hall–Kier alpha value is -1.55. The topological polar surface area (TPSA) is 60.2 Å². The van der Waals surface area contributed by atoms with Crippen molar-refractivity contribution in [1.82, 2.24) is 0 Å². The van der Waals surface area contributed by atoms with Gasteiger partial charge in [-0.2, -0.15) is 0 Å². The summed E-state index contributed by atoms with van der Waals surface area (Å²) in [4.78, 5) is 0.326. The zero-order valence-corrected chi connectivity index (χ0v) is 9.08. The van der Waals surface area contributed by atoms with E-state index in [9.17, 15) is 8.42 Å². The van der Waals surface area contributed by atoms with E-state index in [1.165, 1.54) is 6.26 Å². The summed E-state index contributed by atoms with van der Waals surface area (Å²) in [5.74, 6) is 0. The van der Waals surface area contributed by atoms with Crippen molar-refractivity contribution in [3.63, 3.8) is 0 Å². The van der Waals surface area contributed by atoms with Gasteiger partial charge in [0, 0.05) is 22.7 Å². The van der Waals surface area contributed by atoms with Crippen LogP contribution in [0.2, 0.25) is 0 Å². The predicted molar refractivity (Wildman–Crippen MR) is 61.5 cm³/mol. The number of rotatable bonds is 1. The molecule has 3 nitrogen and oxygen atoms in total. The second kappa shape index (κ2) is 3.24. The van der Waals surface area contributed by atoms with Gasteiger partial charge in [-0.1, -0.05) is 24.3 Å². The lowest BCUT2D eigenvalue weighted by Crippen LogP contribution is -1.99. The van der Waals surface area contributed by atoms with Gasteiger partial charge in [-0.05, 0) is 12.1 Å². The van der Waals surface area contributed by atoms with Crippen molar-refractivity contribution in [2.24, 2.45) is 0 Å². The number of nitrogen functional groups attached to an aromatic ring is 1. The zero-order chi connectivity index (χ0) is 11.1. The SMILES string of the molecule is CS(=O)(=O)c1ccc(N)c2ccccc12. The van der Waals surface area contributed by atoms with Crippen LogP contribution >= 0.6 is 0 Å². The van der Waals surface area contributed by atoms with E-state index in [-0.39, 0.29) is 0 Å². The van der Waals surface area contributed by atoms with Crippen LogP contribution in [0, 0.1) is 0 Å². The molecule has 0 aliphatic rings. The molecule has 0 aliphatic heterocycles. The number of sulfone groups is 1. The highest BCUT2D eigenvalue weighted by atomic mass is 32.2.